The number of aromatic hydroxyl groups is 4. The fraction of sp³-hybridized carbons (Fsp3) is 0.429. The molecule has 0 bridgehead atoms. The number of aliphatic hydroxyl groups is 9. The van der Waals surface area contributed by atoms with Gasteiger partial charge in [-0.2, -0.15) is 0 Å². The molecule has 65 heavy (non-hydrogen) atoms. The third-order valence-corrected chi connectivity index (χ3v) is 10.9. The summed E-state index contributed by atoms with van der Waals surface area (Å²) in [5.41, 5.74) is -1.04. The molecule has 4 aromatic rings. The van der Waals surface area contributed by atoms with Gasteiger partial charge in [0.1, 0.15) is 95.9 Å². The Bertz CT molecular complexity index is 2400. The van der Waals surface area contributed by atoms with Gasteiger partial charge in [-0.3, -0.25) is 4.79 Å². The number of hydrogen-bond donors (Lipinski definition) is 13. The first-order valence-electron chi connectivity index (χ1n) is 19.9. The summed E-state index contributed by atoms with van der Waals surface area (Å²) in [6.07, 6.45) is -23.3. The Labute approximate surface area is 365 Å². The molecule has 23 heteroatoms. The van der Waals surface area contributed by atoms with Crippen LogP contribution in [0.15, 0.2) is 69.9 Å². The van der Waals surface area contributed by atoms with Crippen LogP contribution < -0.4 is 14.9 Å². The van der Waals surface area contributed by atoms with Crippen molar-refractivity contribution in [2.75, 3.05) is 13.2 Å². The molecule has 3 fully saturated rings. The molecule has 3 aromatic carbocycles. The molecule has 352 valence electrons. The zero-order valence-electron chi connectivity index (χ0n) is 33.8. The third-order valence-electron chi connectivity index (χ3n) is 10.9. The average molecular weight is 919 g/mol. The quantitative estimate of drug-likeness (QED) is 0.0406. The van der Waals surface area contributed by atoms with E-state index in [1.165, 1.54) is 43.3 Å². The molecule has 1 aromatic heterocycles. The van der Waals surface area contributed by atoms with E-state index in [0.717, 1.165) is 30.3 Å². The molecule has 3 saturated heterocycles. The summed E-state index contributed by atoms with van der Waals surface area (Å²) in [6.45, 7) is -0.0479. The van der Waals surface area contributed by atoms with Crippen LogP contribution in [0.3, 0.4) is 0 Å². The SMILES string of the molecule is C[C@H]1O[C@@H](Oc2c(-c3ccc(O)c(O)c3)oc3cc(O)cc(O)c3c2=O)[C@@H](O[C@@H]2O[C@H](COC(=O)/C=C/c3ccc(O[C@@H]4O[C@H](CO)[C@@H](O)[C@H](O)[C@H]4O)cc3)[C@@H](O)[C@@H](O)[C@H]2O)[C@@H](O)[C@H]1O. The topological polar surface area (TPSA) is 375 Å². The van der Waals surface area contributed by atoms with Crippen LogP contribution in [0.5, 0.6) is 34.5 Å². The van der Waals surface area contributed by atoms with E-state index in [1.54, 1.807) is 0 Å². The zero-order valence-corrected chi connectivity index (χ0v) is 33.8. The number of rotatable bonds is 12. The van der Waals surface area contributed by atoms with Crippen molar-refractivity contribution in [3.8, 4) is 45.8 Å². The summed E-state index contributed by atoms with van der Waals surface area (Å²) in [5.74, 6) is -4.38. The van der Waals surface area contributed by atoms with Crippen LogP contribution in [0.25, 0.3) is 28.4 Å². The number of carbonyl (C=O) groups excluding carboxylic acids is 1. The summed E-state index contributed by atoms with van der Waals surface area (Å²) in [6, 6.07) is 11.0. The molecule has 3 aliphatic rings. The molecule has 0 saturated carbocycles. The fourth-order valence-electron chi connectivity index (χ4n) is 7.24. The van der Waals surface area contributed by atoms with E-state index in [9.17, 15) is 76.0 Å². The minimum atomic E-state index is -2.06. The summed E-state index contributed by atoms with van der Waals surface area (Å²) < 4.78 is 45.2. The number of hydrogen-bond acceptors (Lipinski definition) is 23. The number of ether oxygens (including phenoxy) is 7. The van der Waals surface area contributed by atoms with Crippen molar-refractivity contribution in [2.24, 2.45) is 0 Å². The van der Waals surface area contributed by atoms with E-state index in [1.807, 2.05) is 0 Å². The minimum Gasteiger partial charge on any atom is -0.508 e. The first-order valence-corrected chi connectivity index (χ1v) is 19.9. The molecule has 15 atom stereocenters. The van der Waals surface area contributed by atoms with Gasteiger partial charge in [0.05, 0.1) is 12.7 Å². The molecule has 0 amide bonds. The second-order valence-electron chi connectivity index (χ2n) is 15.4. The number of phenols is 4. The lowest BCUT2D eigenvalue weighted by molar-refractivity contribution is -0.355. The molecule has 3 aliphatic heterocycles. The van der Waals surface area contributed by atoms with Gasteiger partial charge in [0, 0.05) is 23.8 Å². The number of phenolic OH excluding ortho intramolecular Hbond substituents is 4. The molecule has 23 nitrogen and oxygen atoms in total. The van der Waals surface area contributed by atoms with Gasteiger partial charge in [0.15, 0.2) is 29.7 Å². The number of fused-ring (bicyclic) bond motifs is 1. The Hall–Kier alpha value is -5.64. The van der Waals surface area contributed by atoms with Crippen molar-refractivity contribution in [1.29, 1.82) is 0 Å². The lowest BCUT2D eigenvalue weighted by Gasteiger charge is -2.45. The van der Waals surface area contributed by atoms with Gasteiger partial charge < -0.3 is 104 Å². The van der Waals surface area contributed by atoms with E-state index >= 15 is 0 Å². The molecule has 0 unspecified atom stereocenters. The van der Waals surface area contributed by atoms with Crippen LogP contribution in [-0.4, -0.2) is 178 Å². The van der Waals surface area contributed by atoms with Gasteiger partial charge in [-0.1, -0.05) is 12.1 Å². The second-order valence-corrected chi connectivity index (χ2v) is 15.4. The Balaban J connectivity index is 1.05. The van der Waals surface area contributed by atoms with Gasteiger partial charge in [-0.25, -0.2) is 4.79 Å². The monoisotopic (exact) mass is 918 g/mol. The predicted octanol–water partition coefficient (Wildman–Crippen LogP) is -2.24. The van der Waals surface area contributed by atoms with Crippen molar-refractivity contribution in [1.82, 2.24) is 0 Å². The van der Waals surface area contributed by atoms with Crippen molar-refractivity contribution < 1.29 is 109 Å². The van der Waals surface area contributed by atoms with Crippen molar-refractivity contribution >= 4 is 23.0 Å². The van der Waals surface area contributed by atoms with Crippen molar-refractivity contribution in [3.05, 3.63) is 76.5 Å². The molecular weight excluding hydrogens is 872 g/mol. The Kier molecular flexibility index (Phi) is 14.2. The first-order chi connectivity index (χ1) is 30.9. The maximum atomic E-state index is 14.0. The van der Waals surface area contributed by atoms with E-state index in [-0.39, 0.29) is 16.9 Å². The lowest BCUT2D eigenvalue weighted by Crippen LogP contribution is -2.64. The Morgan fingerprint density at radius 2 is 1.34 bits per heavy atom. The van der Waals surface area contributed by atoms with E-state index < -0.39 is 157 Å². The number of esters is 1. The standard InChI is InChI=1S/C42H46O23/c1-15-28(49)34(55)39(42(59-15)64-38-31(52)27-22(47)11-18(44)12-23(27)61-37(38)17-5-8-20(45)21(46)10-17)65-41-36(57)33(54)30(51)25(63-41)14-58-26(48)9-4-16-2-6-19(7-3-16)60-40-35(56)32(53)29(50)24(13-43)62-40/h2-12,15,24-25,28-30,32-36,39-47,49-51,53-57H,13-14H2,1H3/b9-4+/t15-,24-,25-,28+,29-,30-,32+,33-,34+,35-,36-,39+,40-,41+,42+/m1/s1. The molecule has 0 spiro atoms. The Morgan fingerprint density at radius 3 is 2.02 bits per heavy atom. The summed E-state index contributed by atoms with van der Waals surface area (Å²) in [4.78, 5) is 26.7. The van der Waals surface area contributed by atoms with Crippen LogP contribution in [0.1, 0.15) is 12.5 Å². The summed E-state index contributed by atoms with van der Waals surface area (Å²) in [5, 5.41) is 134. The maximum Gasteiger partial charge on any atom is 0.330 e. The van der Waals surface area contributed by atoms with Gasteiger partial charge in [0.25, 0.3) is 0 Å². The smallest absolute Gasteiger partial charge is 0.330 e. The molecule has 7 rings (SSSR count). The fourth-order valence-corrected chi connectivity index (χ4v) is 7.24. The average Bonchev–Trinajstić information content (AvgIpc) is 3.27. The van der Waals surface area contributed by atoms with Gasteiger partial charge in [0.2, 0.25) is 23.8 Å². The number of benzene rings is 3. The largest absolute Gasteiger partial charge is 0.508 e. The van der Waals surface area contributed by atoms with Crippen molar-refractivity contribution in [3.63, 3.8) is 0 Å². The molecule has 0 aliphatic carbocycles. The molecular formula is C42H46O23. The van der Waals surface area contributed by atoms with Crippen LogP contribution in [0.2, 0.25) is 0 Å². The second kappa shape index (κ2) is 19.4. The highest BCUT2D eigenvalue weighted by molar-refractivity contribution is 5.88. The van der Waals surface area contributed by atoms with Crippen LogP contribution in [-0.2, 0) is 28.5 Å². The van der Waals surface area contributed by atoms with Crippen LogP contribution >= 0.6 is 0 Å². The van der Waals surface area contributed by atoms with Crippen molar-refractivity contribution in [2.45, 2.75) is 99.0 Å². The maximum absolute atomic E-state index is 14.0. The zero-order chi connectivity index (χ0) is 47.0. The molecule has 13 N–H and O–H groups in total. The first kappa shape index (κ1) is 47.3. The van der Waals surface area contributed by atoms with E-state index in [2.05, 4.69) is 0 Å². The van der Waals surface area contributed by atoms with Gasteiger partial charge >= 0.3 is 5.97 Å². The van der Waals surface area contributed by atoms with E-state index in [0.29, 0.717) is 5.56 Å². The predicted molar refractivity (Wildman–Crippen MR) is 214 cm³/mol. The third kappa shape index (κ3) is 9.83. The summed E-state index contributed by atoms with van der Waals surface area (Å²) >= 11 is 0. The van der Waals surface area contributed by atoms with Crippen LogP contribution in [0, 0.1) is 0 Å². The highest BCUT2D eigenvalue weighted by Crippen LogP contribution is 2.40. The number of carbonyl (C=O) groups is 1. The van der Waals surface area contributed by atoms with E-state index in [4.69, 9.17) is 37.6 Å². The highest BCUT2D eigenvalue weighted by Gasteiger charge is 2.51. The normalized spacial score (nSPS) is 32.9. The number of aliphatic hydroxyl groups excluding tert-OH is 9. The highest BCUT2D eigenvalue weighted by atomic mass is 16.8. The van der Waals surface area contributed by atoms with Gasteiger partial charge in [-0.15, -0.1) is 0 Å². The van der Waals surface area contributed by atoms with Gasteiger partial charge in [-0.05, 0) is 48.9 Å². The molecule has 4 heterocycles. The molecule has 0 radical (unpaired) electrons. The lowest BCUT2D eigenvalue weighted by atomic mass is 9.97. The Morgan fingerprint density at radius 1 is 0.677 bits per heavy atom. The van der Waals surface area contributed by atoms with Crippen LogP contribution in [0.4, 0.5) is 0 Å². The summed E-state index contributed by atoms with van der Waals surface area (Å²) in [7, 11) is 0. The minimum absolute atomic E-state index is 0.0768.